The Hall–Kier alpha value is -2.29. The minimum Gasteiger partial charge on any atom is -0.465 e. The molecule has 1 saturated heterocycles. The largest absolute Gasteiger partial charge is 0.465 e. The maximum atomic E-state index is 12.3. The van der Waals surface area contributed by atoms with Crippen molar-refractivity contribution >= 4 is 50.3 Å². The lowest BCUT2D eigenvalue weighted by Crippen LogP contribution is -2.42. The van der Waals surface area contributed by atoms with E-state index in [2.05, 4.69) is 41.4 Å². The summed E-state index contributed by atoms with van der Waals surface area (Å²) < 4.78 is 0.826. The molecule has 1 aliphatic carbocycles. The quantitative estimate of drug-likeness (QED) is 0.588. The monoisotopic (exact) mass is 435 g/mol. The summed E-state index contributed by atoms with van der Waals surface area (Å²) in [5.74, 6) is 0.156. The van der Waals surface area contributed by atoms with Crippen LogP contribution in [0.1, 0.15) is 32.1 Å². The van der Waals surface area contributed by atoms with Gasteiger partial charge in [0, 0.05) is 37.4 Å². The summed E-state index contributed by atoms with van der Waals surface area (Å²) >= 11 is 3.61. The number of anilines is 2. The van der Waals surface area contributed by atoms with Crippen molar-refractivity contribution in [3.63, 3.8) is 0 Å². The van der Waals surface area contributed by atoms with Crippen LogP contribution >= 0.6 is 15.9 Å². The maximum Gasteiger partial charge on any atom is 0.404 e. The highest BCUT2D eigenvalue weighted by Gasteiger charge is 2.31. The summed E-state index contributed by atoms with van der Waals surface area (Å²) in [6.07, 6.45) is 7.15. The second-order valence-electron chi connectivity index (χ2n) is 7.23. The van der Waals surface area contributed by atoms with Gasteiger partial charge in [-0.05, 0) is 48.0 Å². The highest BCUT2D eigenvalue weighted by molar-refractivity contribution is 9.10. The highest BCUT2D eigenvalue weighted by Crippen LogP contribution is 2.39. The van der Waals surface area contributed by atoms with Gasteiger partial charge in [0.1, 0.15) is 5.65 Å². The van der Waals surface area contributed by atoms with E-state index in [1.54, 1.807) is 12.4 Å². The zero-order valence-corrected chi connectivity index (χ0v) is 16.4. The number of nitrogens with one attached hydrogen (secondary N) is 3. The van der Waals surface area contributed by atoms with Crippen LogP contribution in [-0.2, 0) is 4.79 Å². The van der Waals surface area contributed by atoms with Crippen LogP contribution in [0.25, 0.3) is 11.0 Å². The third-order valence-electron chi connectivity index (χ3n) is 5.15. The number of fused-ring (bicyclic) bond motifs is 1. The van der Waals surface area contributed by atoms with Crippen LogP contribution in [0, 0.1) is 5.92 Å². The third kappa shape index (κ3) is 3.87. The fraction of sp³-hybridized carbons (Fsp3) is 0.500. The normalized spacial score (nSPS) is 20.3. The molecule has 9 heteroatoms. The van der Waals surface area contributed by atoms with Crippen molar-refractivity contribution in [2.45, 2.75) is 38.1 Å². The average molecular weight is 436 g/mol. The zero-order chi connectivity index (χ0) is 19.0. The third-order valence-corrected chi connectivity index (χ3v) is 5.73. The van der Waals surface area contributed by atoms with Crippen LogP contribution in [0.4, 0.5) is 16.2 Å². The molecule has 8 nitrogen and oxygen atoms in total. The molecule has 1 unspecified atom stereocenters. The molecule has 2 aliphatic rings. The summed E-state index contributed by atoms with van der Waals surface area (Å²) in [5.41, 5.74) is 2.36. The van der Waals surface area contributed by atoms with E-state index >= 15 is 0 Å². The van der Waals surface area contributed by atoms with E-state index in [9.17, 15) is 9.59 Å². The molecule has 4 rings (SSSR count). The highest BCUT2D eigenvalue weighted by atomic mass is 79.9. The second-order valence-corrected chi connectivity index (χ2v) is 8.09. The standard InChI is InChI=1S/C18H22BrN5O3/c19-12-7-20-16-14(13(8-21-16)23-17(25)10-4-5-10)15(12)24-6-2-1-3-11(9-24)22-18(26)27/h7-8,10-11,22H,1-6,9H2,(H,20,21)(H,23,25)(H,26,27). The first kappa shape index (κ1) is 18.1. The van der Waals surface area contributed by atoms with Crippen molar-refractivity contribution < 1.29 is 14.7 Å². The smallest absolute Gasteiger partial charge is 0.404 e. The first-order chi connectivity index (χ1) is 13.0. The molecule has 2 amide bonds. The molecule has 2 fully saturated rings. The lowest BCUT2D eigenvalue weighted by molar-refractivity contribution is -0.117. The SMILES string of the molecule is O=C(O)NC1CCCCN(c2c(Br)cnc3[nH]cc(NC(=O)C4CC4)c23)C1. The molecule has 0 bridgehead atoms. The second kappa shape index (κ2) is 7.38. The van der Waals surface area contributed by atoms with Crippen molar-refractivity contribution in [3.05, 3.63) is 16.9 Å². The predicted octanol–water partition coefficient (Wildman–Crippen LogP) is 3.30. The summed E-state index contributed by atoms with van der Waals surface area (Å²) in [4.78, 5) is 33.1. The van der Waals surface area contributed by atoms with Crippen LogP contribution in [0.5, 0.6) is 0 Å². The van der Waals surface area contributed by atoms with E-state index in [-0.39, 0.29) is 17.9 Å². The van der Waals surface area contributed by atoms with Gasteiger partial charge in [0.15, 0.2) is 0 Å². The number of pyridine rings is 1. The number of hydrogen-bond acceptors (Lipinski definition) is 4. The van der Waals surface area contributed by atoms with Gasteiger partial charge in [-0.25, -0.2) is 9.78 Å². The van der Waals surface area contributed by atoms with E-state index in [1.165, 1.54) is 0 Å². The van der Waals surface area contributed by atoms with Crippen molar-refractivity contribution in [1.29, 1.82) is 0 Å². The fourth-order valence-corrected chi connectivity index (χ4v) is 4.23. The number of carboxylic acid groups (broad SMARTS) is 1. The summed E-state index contributed by atoms with van der Waals surface area (Å²) in [6, 6.07) is -0.136. The van der Waals surface area contributed by atoms with E-state index < -0.39 is 6.09 Å². The first-order valence-electron chi connectivity index (χ1n) is 9.24. The number of aromatic amines is 1. The van der Waals surface area contributed by atoms with Crippen LogP contribution in [-0.4, -0.2) is 46.2 Å². The topological polar surface area (TPSA) is 110 Å². The fourth-order valence-electron chi connectivity index (χ4n) is 3.68. The van der Waals surface area contributed by atoms with Gasteiger partial charge in [-0.15, -0.1) is 0 Å². The van der Waals surface area contributed by atoms with E-state index in [4.69, 9.17) is 5.11 Å². The van der Waals surface area contributed by atoms with Crippen molar-refractivity contribution in [3.8, 4) is 0 Å². The zero-order valence-electron chi connectivity index (χ0n) is 14.8. The van der Waals surface area contributed by atoms with Gasteiger partial charge >= 0.3 is 6.09 Å². The Balaban J connectivity index is 1.70. The molecule has 2 aromatic heterocycles. The van der Waals surface area contributed by atoms with Gasteiger partial charge in [0.25, 0.3) is 0 Å². The molecule has 3 heterocycles. The van der Waals surface area contributed by atoms with Crippen molar-refractivity contribution in [2.75, 3.05) is 23.3 Å². The van der Waals surface area contributed by atoms with Crippen LogP contribution < -0.4 is 15.5 Å². The Morgan fingerprint density at radius 1 is 1.30 bits per heavy atom. The molecule has 2 aromatic rings. The molecule has 4 N–H and O–H groups in total. The number of nitrogens with zero attached hydrogens (tertiary/aromatic N) is 2. The van der Waals surface area contributed by atoms with Crippen LogP contribution in [0.3, 0.4) is 0 Å². The number of hydrogen-bond donors (Lipinski definition) is 4. The van der Waals surface area contributed by atoms with E-state index in [0.29, 0.717) is 12.2 Å². The molecular formula is C18H22BrN5O3. The number of amides is 2. The minimum absolute atomic E-state index is 0.0445. The van der Waals surface area contributed by atoms with Gasteiger partial charge in [0.05, 0.1) is 21.2 Å². The van der Waals surface area contributed by atoms with Gasteiger partial charge < -0.3 is 25.6 Å². The molecule has 0 aromatic carbocycles. The van der Waals surface area contributed by atoms with Gasteiger partial charge in [-0.3, -0.25) is 4.79 Å². The molecule has 0 radical (unpaired) electrons. The van der Waals surface area contributed by atoms with Crippen LogP contribution in [0.15, 0.2) is 16.9 Å². The summed E-state index contributed by atoms with van der Waals surface area (Å²) in [7, 11) is 0. The number of carbonyl (C=O) groups excluding carboxylic acids is 1. The van der Waals surface area contributed by atoms with Gasteiger partial charge in [-0.1, -0.05) is 0 Å². The molecule has 0 spiro atoms. The molecular weight excluding hydrogens is 414 g/mol. The van der Waals surface area contributed by atoms with Crippen molar-refractivity contribution in [2.24, 2.45) is 5.92 Å². The van der Waals surface area contributed by atoms with E-state index in [1.807, 2.05) is 0 Å². The number of aromatic nitrogens is 2. The number of H-pyrrole nitrogens is 1. The lowest BCUT2D eigenvalue weighted by Gasteiger charge is -2.28. The predicted molar refractivity (Wildman–Crippen MR) is 106 cm³/mol. The average Bonchev–Trinajstić information content (AvgIpc) is 3.42. The molecule has 1 atom stereocenters. The minimum atomic E-state index is -1.00. The lowest BCUT2D eigenvalue weighted by atomic mass is 10.1. The maximum absolute atomic E-state index is 12.3. The number of carbonyl (C=O) groups is 2. The number of rotatable bonds is 4. The molecule has 27 heavy (non-hydrogen) atoms. The Bertz CT molecular complexity index is 879. The Labute approximate surface area is 164 Å². The Morgan fingerprint density at radius 3 is 2.85 bits per heavy atom. The van der Waals surface area contributed by atoms with Gasteiger partial charge in [0.2, 0.25) is 5.91 Å². The molecule has 1 aliphatic heterocycles. The Kier molecular flexibility index (Phi) is 4.94. The summed E-state index contributed by atoms with van der Waals surface area (Å²) in [5, 5.41) is 15.6. The van der Waals surface area contributed by atoms with Gasteiger partial charge in [-0.2, -0.15) is 0 Å². The van der Waals surface area contributed by atoms with Crippen LogP contribution in [0.2, 0.25) is 0 Å². The summed E-state index contributed by atoms with van der Waals surface area (Å²) in [6.45, 7) is 1.39. The van der Waals surface area contributed by atoms with Crippen molar-refractivity contribution in [1.82, 2.24) is 15.3 Å². The number of halogens is 1. The first-order valence-corrected chi connectivity index (χ1v) is 10.0. The molecule has 1 saturated carbocycles. The van der Waals surface area contributed by atoms with E-state index in [0.717, 1.165) is 59.9 Å². The molecule has 144 valence electrons. The Morgan fingerprint density at radius 2 is 2.11 bits per heavy atom.